The fourth-order valence-electron chi connectivity index (χ4n) is 2.38. The van der Waals surface area contributed by atoms with Crippen LogP contribution < -0.4 is 4.74 Å². The molecule has 136 valence electrons. The van der Waals surface area contributed by atoms with Gasteiger partial charge in [0.25, 0.3) is 5.89 Å². The standard InChI is InChI=1S/C18H14N4O4S/c1-24-13-10-22(12-6-3-2-4-7-12)20-16(13)18(23)25-11-15-19-17(21-26-15)14-8-5-9-27-14/h2-10H,11H2,1H3. The number of carbonyl (C=O) groups is 1. The van der Waals surface area contributed by atoms with E-state index in [1.54, 1.807) is 10.9 Å². The van der Waals surface area contributed by atoms with Crippen molar-refractivity contribution in [2.24, 2.45) is 0 Å². The van der Waals surface area contributed by atoms with Gasteiger partial charge < -0.3 is 14.0 Å². The molecule has 0 bridgehead atoms. The molecule has 0 fully saturated rings. The van der Waals surface area contributed by atoms with Crippen LogP contribution in [0, 0.1) is 0 Å². The Balaban J connectivity index is 1.48. The molecule has 9 heteroatoms. The third-order valence-electron chi connectivity index (χ3n) is 3.65. The monoisotopic (exact) mass is 382 g/mol. The predicted molar refractivity (Wildman–Crippen MR) is 96.8 cm³/mol. The Morgan fingerprint density at radius 3 is 2.81 bits per heavy atom. The zero-order valence-electron chi connectivity index (χ0n) is 14.2. The fourth-order valence-corrected chi connectivity index (χ4v) is 3.03. The molecule has 0 N–H and O–H groups in total. The number of thiophene rings is 1. The van der Waals surface area contributed by atoms with Gasteiger partial charge in [0.1, 0.15) is 0 Å². The minimum atomic E-state index is -0.641. The molecule has 3 heterocycles. The minimum Gasteiger partial charge on any atom is -0.493 e. The second kappa shape index (κ2) is 7.42. The maximum Gasteiger partial charge on any atom is 0.363 e. The van der Waals surface area contributed by atoms with Crippen LogP contribution in [0.3, 0.4) is 0 Å². The molecule has 3 aromatic heterocycles. The highest BCUT2D eigenvalue weighted by atomic mass is 32.1. The quantitative estimate of drug-likeness (QED) is 0.472. The summed E-state index contributed by atoms with van der Waals surface area (Å²) in [4.78, 5) is 17.5. The van der Waals surface area contributed by atoms with Crippen LogP contribution in [0.15, 0.2) is 58.6 Å². The molecule has 0 radical (unpaired) electrons. The number of carbonyl (C=O) groups excluding carboxylic acids is 1. The van der Waals surface area contributed by atoms with Crippen molar-refractivity contribution >= 4 is 17.3 Å². The normalized spacial score (nSPS) is 10.7. The Labute approximate surface area is 158 Å². The summed E-state index contributed by atoms with van der Waals surface area (Å²) in [6.07, 6.45) is 1.62. The lowest BCUT2D eigenvalue weighted by molar-refractivity contribution is 0.0419. The van der Waals surface area contributed by atoms with Gasteiger partial charge in [0, 0.05) is 0 Å². The number of esters is 1. The summed E-state index contributed by atoms with van der Waals surface area (Å²) in [5, 5.41) is 10.1. The van der Waals surface area contributed by atoms with Crippen molar-refractivity contribution < 1.29 is 18.8 Å². The first-order chi connectivity index (χ1) is 13.2. The lowest BCUT2D eigenvalue weighted by Gasteiger charge is -2.01. The SMILES string of the molecule is COc1cn(-c2ccccc2)nc1C(=O)OCc1nc(-c2cccs2)no1. The first-order valence-electron chi connectivity index (χ1n) is 7.97. The van der Waals surface area contributed by atoms with E-state index in [-0.39, 0.29) is 18.2 Å². The second-order valence-electron chi connectivity index (χ2n) is 5.39. The van der Waals surface area contributed by atoms with Gasteiger partial charge in [-0.25, -0.2) is 9.48 Å². The van der Waals surface area contributed by atoms with Crippen molar-refractivity contribution in [1.82, 2.24) is 19.9 Å². The van der Waals surface area contributed by atoms with Crippen LogP contribution >= 0.6 is 11.3 Å². The van der Waals surface area contributed by atoms with Crippen molar-refractivity contribution in [3.8, 4) is 22.1 Å². The lowest BCUT2D eigenvalue weighted by Crippen LogP contribution is -2.08. The highest BCUT2D eigenvalue weighted by Crippen LogP contribution is 2.23. The summed E-state index contributed by atoms with van der Waals surface area (Å²) in [6, 6.07) is 13.2. The average molecular weight is 382 g/mol. The van der Waals surface area contributed by atoms with Gasteiger partial charge in [-0.1, -0.05) is 29.4 Å². The Morgan fingerprint density at radius 2 is 2.07 bits per heavy atom. The predicted octanol–water partition coefficient (Wildman–Crippen LogP) is 3.35. The molecule has 4 aromatic rings. The maximum atomic E-state index is 12.4. The molecule has 0 spiro atoms. The molecule has 0 aliphatic heterocycles. The summed E-state index contributed by atoms with van der Waals surface area (Å²) in [5.74, 6) is 0.334. The summed E-state index contributed by atoms with van der Waals surface area (Å²) in [6.45, 7) is -0.154. The van der Waals surface area contributed by atoms with E-state index in [1.165, 1.54) is 18.4 Å². The fraction of sp³-hybridized carbons (Fsp3) is 0.111. The van der Waals surface area contributed by atoms with Crippen molar-refractivity contribution in [3.63, 3.8) is 0 Å². The number of nitrogens with zero attached hydrogens (tertiary/aromatic N) is 4. The summed E-state index contributed by atoms with van der Waals surface area (Å²) in [7, 11) is 1.47. The van der Waals surface area contributed by atoms with Gasteiger partial charge in [-0.3, -0.25) is 0 Å². The number of methoxy groups -OCH3 is 1. The molecule has 0 saturated heterocycles. The van der Waals surface area contributed by atoms with Gasteiger partial charge in [0.05, 0.1) is 23.9 Å². The van der Waals surface area contributed by atoms with Crippen LogP contribution in [0.5, 0.6) is 5.75 Å². The molecule has 0 aliphatic rings. The zero-order valence-corrected chi connectivity index (χ0v) is 15.0. The van der Waals surface area contributed by atoms with Crippen molar-refractivity contribution in [3.05, 3.63) is 65.6 Å². The molecule has 8 nitrogen and oxygen atoms in total. The average Bonchev–Trinajstić information content (AvgIpc) is 3.46. The molecule has 4 rings (SSSR count). The van der Waals surface area contributed by atoms with E-state index in [9.17, 15) is 4.79 Å². The molecule has 0 unspecified atom stereocenters. The van der Waals surface area contributed by atoms with E-state index in [1.807, 2.05) is 47.8 Å². The van der Waals surface area contributed by atoms with Crippen molar-refractivity contribution in [2.75, 3.05) is 7.11 Å². The number of hydrogen-bond donors (Lipinski definition) is 0. The van der Waals surface area contributed by atoms with Gasteiger partial charge in [-0.05, 0) is 23.6 Å². The van der Waals surface area contributed by atoms with Crippen molar-refractivity contribution in [2.45, 2.75) is 6.61 Å². The van der Waals surface area contributed by atoms with E-state index in [4.69, 9.17) is 14.0 Å². The number of rotatable bonds is 6. The number of hydrogen-bond acceptors (Lipinski definition) is 8. The minimum absolute atomic E-state index is 0.0688. The van der Waals surface area contributed by atoms with Gasteiger partial charge >= 0.3 is 5.97 Å². The first-order valence-corrected chi connectivity index (χ1v) is 8.85. The first kappa shape index (κ1) is 17.0. The summed E-state index contributed by atoms with van der Waals surface area (Å²) in [5.41, 5.74) is 0.867. The lowest BCUT2D eigenvalue weighted by atomic mass is 10.3. The third-order valence-corrected chi connectivity index (χ3v) is 4.52. The van der Waals surface area contributed by atoms with E-state index in [2.05, 4.69) is 15.2 Å². The molecule has 0 atom stereocenters. The smallest absolute Gasteiger partial charge is 0.363 e. The highest BCUT2D eigenvalue weighted by molar-refractivity contribution is 7.13. The Morgan fingerprint density at radius 1 is 1.22 bits per heavy atom. The van der Waals surface area contributed by atoms with Gasteiger partial charge in [0.15, 0.2) is 12.4 Å². The Kier molecular flexibility index (Phi) is 4.67. The zero-order chi connectivity index (χ0) is 18.6. The molecule has 0 saturated carbocycles. The molecular formula is C18H14N4O4S. The molecule has 0 aliphatic carbocycles. The summed E-state index contributed by atoms with van der Waals surface area (Å²) < 4.78 is 17.2. The summed E-state index contributed by atoms with van der Waals surface area (Å²) >= 11 is 1.49. The van der Waals surface area contributed by atoms with Crippen LogP contribution in [0.1, 0.15) is 16.4 Å². The van der Waals surface area contributed by atoms with E-state index in [0.29, 0.717) is 11.6 Å². The van der Waals surface area contributed by atoms with E-state index >= 15 is 0 Å². The van der Waals surface area contributed by atoms with Crippen LogP contribution in [0.4, 0.5) is 0 Å². The van der Waals surface area contributed by atoms with Gasteiger partial charge in [-0.2, -0.15) is 10.1 Å². The molecular weight excluding hydrogens is 368 g/mol. The van der Waals surface area contributed by atoms with Crippen LogP contribution in [-0.4, -0.2) is 33.0 Å². The van der Waals surface area contributed by atoms with Crippen LogP contribution in [-0.2, 0) is 11.3 Å². The second-order valence-corrected chi connectivity index (χ2v) is 6.34. The van der Waals surface area contributed by atoms with E-state index < -0.39 is 5.97 Å². The topological polar surface area (TPSA) is 92.3 Å². The highest BCUT2D eigenvalue weighted by Gasteiger charge is 2.21. The Bertz CT molecular complexity index is 1040. The van der Waals surface area contributed by atoms with Gasteiger partial charge in [0.2, 0.25) is 11.5 Å². The third kappa shape index (κ3) is 3.58. The number of para-hydroxylation sites is 1. The van der Waals surface area contributed by atoms with Gasteiger partial charge in [-0.15, -0.1) is 11.3 Å². The van der Waals surface area contributed by atoms with Crippen LogP contribution in [0.25, 0.3) is 16.4 Å². The molecule has 1 aromatic carbocycles. The molecule has 0 amide bonds. The maximum absolute atomic E-state index is 12.4. The largest absolute Gasteiger partial charge is 0.493 e. The number of aromatic nitrogens is 4. The van der Waals surface area contributed by atoms with Crippen molar-refractivity contribution in [1.29, 1.82) is 0 Å². The number of benzene rings is 1. The van der Waals surface area contributed by atoms with E-state index in [0.717, 1.165) is 10.6 Å². The molecule has 27 heavy (non-hydrogen) atoms. The number of ether oxygens (including phenoxy) is 2. The van der Waals surface area contributed by atoms with Crippen LogP contribution in [0.2, 0.25) is 0 Å². The Hall–Kier alpha value is -3.46.